The Morgan fingerprint density at radius 3 is 2.65 bits per heavy atom. The normalized spacial score (nSPS) is 10.2. The highest BCUT2D eigenvalue weighted by molar-refractivity contribution is 5.94. The highest BCUT2D eigenvalue weighted by Gasteiger charge is 2.05. The predicted molar refractivity (Wildman–Crippen MR) is 79.2 cm³/mol. The number of carbonyl (C=O) groups excluding carboxylic acids is 1. The lowest BCUT2D eigenvalue weighted by Gasteiger charge is -2.07. The SMILES string of the molecule is COCc1cccc(CNC(=O)c2cccc(N)c2)c1. The number of nitrogens with two attached hydrogens (primary N) is 1. The zero-order valence-electron chi connectivity index (χ0n) is 11.4. The summed E-state index contributed by atoms with van der Waals surface area (Å²) in [5.74, 6) is -0.130. The Morgan fingerprint density at radius 2 is 1.90 bits per heavy atom. The maximum absolute atomic E-state index is 12.0. The Bertz CT molecular complexity index is 597. The van der Waals surface area contributed by atoms with Crippen LogP contribution in [-0.2, 0) is 17.9 Å². The van der Waals surface area contributed by atoms with Crippen LogP contribution in [0.25, 0.3) is 0 Å². The van der Waals surface area contributed by atoms with Crippen molar-refractivity contribution in [2.24, 2.45) is 0 Å². The minimum Gasteiger partial charge on any atom is -0.399 e. The van der Waals surface area contributed by atoms with Gasteiger partial charge < -0.3 is 15.8 Å². The molecular formula is C16H18N2O2. The second-order valence-corrected chi connectivity index (χ2v) is 4.56. The molecule has 4 heteroatoms. The molecule has 0 heterocycles. The Hall–Kier alpha value is -2.33. The van der Waals surface area contributed by atoms with Crippen LogP contribution >= 0.6 is 0 Å². The van der Waals surface area contributed by atoms with Gasteiger partial charge >= 0.3 is 0 Å². The molecule has 0 bridgehead atoms. The van der Waals surface area contributed by atoms with Gasteiger partial charge in [0, 0.05) is 24.9 Å². The zero-order valence-corrected chi connectivity index (χ0v) is 11.4. The first-order valence-electron chi connectivity index (χ1n) is 6.39. The van der Waals surface area contributed by atoms with E-state index in [4.69, 9.17) is 10.5 Å². The van der Waals surface area contributed by atoms with Crippen molar-refractivity contribution in [1.82, 2.24) is 5.32 Å². The van der Waals surface area contributed by atoms with Crippen molar-refractivity contribution < 1.29 is 9.53 Å². The molecule has 0 aromatic heterocycles. The van der Waals surface area contributed by atoms with E-state index in [1.54, 1.807) is 31.4 Å². The molecule has 2 rings (SSSR count). The number of hydrogen-bond acceptors (Lipinski definition) is 3. The maximum atomic E-state index is 12.0. The van der Waals surface area contributed by atoms with E-state index >= 15 is 0 Å². The molecule has 4 nitrogen and oxygen atoms in total. The minimum absolute atomic E-state index is 0.130. The van der Waals surface area contributed by atoms with Crippen LogP contribution in [0.4, 0.5) is 5.69 Å². The fourth-order valence-electron chi connectivity index (χ4n) is 1.96. The summed E-state index contributed by atoms with van der Waals surface area (Å²) in [5, 5.41) is 2.88. The van der Waals surface area contributed by atoms with E-state index in [9.17, 15) is 4.79 Å². The van der Waals surface area contributed by atoms with E-state index in [2.05, 4.69) is 5.32 Å². The van der Waals surface area contributed by atoms with Crippen LogP contribution in [0.1, 0.15) is 21.5 Å². The number of nitrogens with one attached hydrogen (secondary N) is 1. The first kappa shape index (κ1) is 14.1. The lowest BCUT2D eigenvalue weighted by molar-refractivity contribution is 0.0951. The fraction of sp³-hybridized carbons (Fsp3) is 0.188. The number of ether oxygens (including phenoxy) is 1. The minimum atomic E-state index is -0.130. The van der Waals surface area contributed by atoms with Crippen LogP contribution < -0.4 is 11.1 Å². The largest absolute Gasteiger partial charge is 0.399 e. The molecule has 0 aliphatic carbocycles. The van der Waals surface area contributed by atoms with Crippen molar-refractivity contribution in [2.75, 3.05) is 12.8 Å². The summed E-state index contributed by atoms with van der Waals surface area (Å²) < 4.78 is 5.09. The summed E-state index contributed by atoms with van der Waals surface area (Å²) in [5.41, 5.74) is 8.94. The fourth-order valence-corrected chi connectivity index (χ4v) is 1.96. The summed E-state index contributed by atoms with van der Waals surface area (Å²) in [4.78, 5) is 12.0. The molecular weight excluding hydrogens is 252 g/mol. The summed E-state index contributed by atoms with van der Waals surface area (Å²) >= 11 is 0. The standard InChI is InChI=1S/C16H18N2O2/c1-20-11-13-5-2-4-12(8-13)10-18-16(19)14-6-3-7-15(17)9-14/h2-9H,10-11,17H2,1H3,(H,18,19). The van der Waals surface area contributed by atoms with Crippen LogP contribution in [-0.4, -0.2) is 13.0 Å². The topological polar surface area (TPSA) is 64.3 Å². The molecule has 0 aliphatic rings. The second kappa shape index (κ2) is 6.73. The van der Waals surface area contributed by atoms with Gasteiger partial charge in [0.2, 0.25) is 0 Å². The third-order valence-electron chi connectivity index (χ3n) is 2.90. The van der Waals surface area contributed by atoms with Crippen LogP contribution in [0.2, 0.25) is 0 Å². The Balaban J connectivity index is 1.98. The van der Waals surface area contributed by atoms with Crippen molar-refractivity contribution in [3.63, 3.8) is 0 Å². The number of benzene rings is 2. The van der Waals surface area contributed by atoms with E-state index in [0.29, 0.717) is 24.4 Å². The van der Waals surface area contributed by atoms with Crippen LogP contribution in [0.15, 0.2) is 48.5 Å². The molecule has 0 radical (unpaired) electrons. The van der Waals surface area contributed by atoms with Crippen molar-refractivity contribution in [1.29, 1.82) is 0 Å². The van der Waals surface area contributed by atoms with Gasteiger partial charge in [-0.1, -0.05) is 30.3 Å². The number of nitrogen functional groups attached to an aromatic ring is 1. The van der Waals surface area contributed by atoms with Gasteiger partial charge in [0.15, 0.2) is 0 Å². The molecule has 0 unspecified atom stereocenters. The number of hydrogen-bond donors (Lipinski definition) is 2. The molecule has 1 amide bonds. The van der Waals surface area contributed by atoms with Crippen molar-refractivity contribution in [3.05, 3.63) is 65.2 Å². The average Bonchev–Trinajstić information content (AvgIpc) is 2.45. The van der Waals surface area contributed by atoms with Crippen molar-refractivity contribution in [3.8, 4) is 0 Å². The number of rotatable bonds is 5. The van der Waals surface area contributed by atoms with Gasteiger partial charge in [0.25, 0.3) is 5.91 Å². The van der Waals surface area contributed by atoms with Gasteiger partial charge in [-0.15, -0.1) is 0 Å². The van der Waals surface area contributed by atoms with E-state index < -0.39 is 0 Å². The van der Waals surface area contributed by atoms with E-state index in [1.807, 2.05) is 24.3 Å². The molecule has 0 aliphatic heterocycles. The molecule has 2 aromatic carbocycles. The number of anilines is 1. The smallest absolute Gasteiger partial charge is 0.251 e. The molecule has 2 aromatic rings. The van der Waals surface area contributed by atoms with Gasteiger partial charge in [-0.2, -0.15) is 0 Å². The van der Waals surface area contributed by atoms with Crippen LogP contribution in [0.3, 0.4) is 0 Å². The lowest BCUT2D eigenvalue weighted by Crippen LogP contribution is -2.22. The maximum Gasteiger partial charge on any atom is 0.251 e. The van der Waals surface area contributed by atoms with Crippen LogP contribution in [0.5, 0.6) is 0 Å². The van der Waals surface area contributed by atoms with E-state index in [0.717, 1.165) is 11.1 Å². The molecule has 0 saturated carbocycles. The van der Waals surface area contributed by atoms with E-state index in [-0.39, 0.29) is 5.91 Å². The third kappa shape index (κ3) is 3.83. The third-order valence-corrected chi connectivity index (χ3v) is 2.90. The summed E-state index contributed by atoms with van der Waals surface area (Å²) in [6, 6.07) is 14.9. The predicted octanol–water partition coefficient (Wildman–Crippen LogP) is 2.35. The van der Waals surface area contributed by atoms with E-state index in [1.165, 1.54) is 0 Å². The van der Waals surface area contributed by atoms with Gasteiger partial charge in [-0.3, -0.25) is 4.79 Å². The second-order valence-electron chi connectivity index (χ2n) is 4.56. The molecule has 0 fully saturated rings. The first-order valence-corrected chi connectivity index (χ1v) is 6.39. The first-order chi connectivity index (χ1) is 9.69. The van der Waals surface area contributed by atoms with Crippen molar-refractivity contribution >= 4 is 11.6 Å². The highest BCUT2D eigenvalue weighted by Crippen LogP contribution is 2.08. The molecule has 20 heavy (non-hydrogen) atoms. The quantitative estimate of drug-likeness (QED) is 0.820. The number of amides is 1. The summed E-state index contributed by atoms with van der Waals surface area (Å²) in [7, 11) is 1.66. The summed E-state index contributed by atoms with van der Waals surface area (Å²) in [6.45, 7) is 1.04. The molecule has 0 atom stereocenters. The monoisotopic (exact) mass is 270 g/mol. The van der Waals surface area contributed by atoms with Gasteiger partial charge in [-0.25, -0.2) is 0 Å². The molecule has 104 valence electrons. The number of carbonyl (C=O) groups is 1. The lowest BCUT2D eigenvalue weighted by atomic mass is 10.1. The zero-order chi connectivity index (χ0) is 14.4. The number of methoxy groups -OCH3 is 1. The Labute approximate surface area is 118 Å². The summed E-state index contributed by atoms with van der Waals surface area (Å²) in [6.07, 6.45) is 0. The molecule has 3 N–H and O–H groups in total. The average molecular weight is 270 g/mol. The highest BCUT2D eigenvalue weighted by atomic mass is 16.5. The van der Waals surface area contributed by atoms with Gasteiger partial charge in [0.1, 0.15) is 0 Å². The van der Waals surface area contributed by atoms with Gasteiger partial charge in [0.05, 0.1) is 6.61 Å². The van der Waals surface area contributed by atoms with Crippen molar-refractivity contribution in [2.45, 2.75) is 13.2 Å². The molecule has 0 saturated heterocycles. The van der Waals surface area contributed by atoms with Gasteiger partial charge in [-0.05, 0) is 29.3 Å². The Morgan fingerprint density at radius 1 is 1.15 bits per heavy atom. The molecule has 0 spiro atoms. The van der Waals surface area contributed by atoms with Crippen LogP contribution in [0, 0.1) is 0 Å². The Kier molecular flexibility index (Phi) is 4.74.